The van der Waals surface area contributed by atoms with E-state index in [2.05, 4.69) is 32.0 Å². The number of rotatable bonds is 3. The van der Waals surface area contributed by atoms with Gasteiger partial charge >= 0.3 is 6.09 Å². The van der Waals surface area contributed by atoms with Crippen LogP contribution in [0, 0.1) is 5.92 Å². The van der Waals surface area contributed by atoms with E-state index in [1.807, 2.05) is 27.0 Å². The lowest BCUT2D eigenvalue weighted by Gasteiger charge is -2.25. The summed E-state index contributed by atoms with van der Waals surface area (Å²) in [5.74, 6) is 1.22. The molecule has 0 aliphatic heterocycles. The Bertz CT molecular complexity index is 745. The largest absolute Gasteiger partial charge is 0.443 e. The average Bonchev–Trinajstić information content (AvgIpc) is 2.80. The molecule has 1 saturated carbocycles. The molecule has 0 spiro atoms. The summed E-state index contributed by atoms with van der Waals surface area (Å²) in [5, 5.41) is 1.19. The van der Waals surface area contributed by atoms with Gasteiger partial charge in [-0.1, -0.05) is 39.2 Å². The Morgan fingerprint density at radius 2 is 2.00 bits per heavy atom. The summed E-state index contributed by atoms with van der Waals surface area (Å²) in [5.41, 5.74) is 3.06. The Kier molecular flexibility index (Phi) is 4.46. The number of carbonyl (C=O) groups excluding carboxylic acids is 1. The van der Waals surface area contributed by atoms with Crippen LogP contribution < -0.4 is 0 Å². The molecule has 3 nitrogen and oxygen atoms in total. The fourth-order valence-corrected chi connectivity index (χ4v) is 3.38. The maximum absolute atomic E-state index is 12.6. The van der Waals surface area contributed by atoms with E-state index in [0.717, 1.165) is 17.9 Å². The predicted molar refractivity (Wildman–Crippen MR) is 98.7 cm³/mol. The standard InChI is InChI=1S/C21H29NO2/c1-14(2)18-13-22(20(23)24-21(3,4)5)19-10-9-16(12-17(18)19)11-15-7-6-8-15/h9-10,12-15H,6-8,11H2,1-5H3. The quantitative estimate of drug-likeness (QED) is 0.703. The first-order chi connectivity index (χ1) is 11.2. The van der Waals surface area contributed by atoms with Crippen molar-refractivity contribution < 1.29 is 9.53 Å². The number of aromatic nitrogens is 1. The third-order valence-electron chi connectivity index (χ3n) is 4.86. The molecule has 2 aromatic rings. The maximum Gasteiger partial charge on any atom is 0.419 e. The summed E-state index contributed by atoms with van der Waals surface area (Å²) in [7, 11) is 0. The van der Waals surface area contributed by atoms with Gasteiger partial charge in [0.2, 0.25) is 0 Å². The van der Waals surface area contributed by atoms with E-state index < -0.39 is 5.60 Å². The Morgan fingerprint density at radius 3 is 2.54 bits per heavy atom. The van der Waals surface area contributed by atoms with Crippen molar-refractivity contribution in [2.75, 3.05) is 0 Å². The van der Waals surface area contributed by atoms with E-state index in [9.17, 15) is 4.79 Å². The second-order valence-electron chi connectivity index (χ2n) is 8.44. The van der Waals surface area contributed by atoms with Gasteiger partial charge in [0.05, 0.1) is 5.52 Å². The highest BCUT2D eigenvalue weighted by Crippen LogP contribution is 2.33. The molecular formula is C21H29NO2. The molecule has 1 heterocycles. The number of fused-ring (bicyclic) bond motifs is 1. The van der Waals surface area contributed by atoms with Gasteiger partial charge < -0.3 is 4.74 Å². The molecule has 3 heteroatoms. The zero-order chi connectivity index (χ0) is 17.5. The summed E-state index contributed by atoms with van der Waals surface area (Å²) in [6.45, 7) is 10.0. The van der Waals surface area contributed by atoms with Crippen LogP contribution in [0.2, 0.25) is 0 Å². The molecule has 24 heavy (non-hydrogen) atoms. The van der Waals surface area contributed by atoms with Crippen LogP contribution in [0.15, 0.2) is 24.4 Å². The van der Waals surface area contributed by atoms with E-state index in [-0.39, 0.29) is 6.09 Å². The lowest BCUT2D eigenvalue weighted by molar-refractivity contribution is 0.0544. The maximum atomic E-state index is 12.6. The zero-order valence-corrected chi connectivity index (χ0v) is 15.6. The van der Waals surface area contributed by atoms with Crippen LogP contribution in [0.25, 0.3) is 10.9 Å². The number of hydrogen-bond donors (Lipinski definition) is 0. The van der Waals surface area contributed by atoms with Gasteiger partial charge in [0.15, 0.2) is 0 Å². The fourth-order valence-electron chi connectivity index (χ4n) is 3.38. The topological polar surface area (TPSA) is 31.2 Å². The molecular weight excluding hydrogens is 298 g/mol. The predicted octanol–water partition coefficient (Wildman–Crippen LogP) is 5.89. The van der Waals surface area contributed by atoms with Crippen molar-refractivity contribution in [3.05, 3.63) is 35.5 Å². The minimum absolute atomic E-state index is 0.300. The first kappa shape index (κ1) is 17.1. The Balaban J connectivity index is 1.99. The minimum atomic E-state index is -0.490. The van der Waals surface area contributed by atoms with Crippen molar-refractivity contribution >= 4 is 17.0 Å². The lowest BCUT2D eigenvalue weighted by Crippen LogP contribution is -2.26. The molecule has 1 fully saturated rings. The number of hydrogen-bond acceptors (Lipinski definition) is 2. The summed E-state index contributed by atoms with van der Waals surface area (Å²) in [4.78, 5) is 12.6. The van der Waals surface area contributed by atoms with Crippen molar-refractivity contribution in [1.82, 2.24) is 4.57 Å². The number of benzene rings is 1. The molecule has 3 rings (SSSR count). The zero-order valence-electron chi connectivity index (χ0n) is 15.6. The third-order valence-corrected chi connectivity index (χ3v) is 4.86. The van der Waals surface area contributed by atoms with Crippen molar-refractivity contribution in [3.8, 4) is 0 Å². The molecule has 0 atom stereocenters. The SMILES string of the molecule is CC(C)c1cn(C(=O)OC(C)(C)C)c2ccc(CC3CCC3)cc12. The number of carbonyl (C=O) groups is 1. The van der Waals surface area contributed by atoms with Gasteiger partial charge in [0, 0.05) is 11.6 Å². The van der Waals surface area contributed by atoms with Crippen LogP contribution in [0.5, 0.6) is 0 Å². The molecule has 0 saturated heterocycles. The van der Waals surface area contributed by atoms with Crippen LogP contribution in [0.3, 0.4) is 0 Å². The lowest BCUT2D eigenvalue weighted by atomic mass is 9.81. The highest BCUT2D eigenvalue weighted by Gasteiger charge is 2.22. The fraction of sp³-hybridized carbons (Fsp3) is 0.571. The molecule has 0 unspecified atom stereocenters. The van der Waals surface area contributed by atoms with E-state index in [0.29, 0.717) is 5.92 Å². The Labute approximate surface area is 145 Å². The van der Waals surface area contributed by atoms with Crippen LogP contribution in [-0.4, -0.2) is 16.3 Å². The summed E-state index contributed by atoms with van der Waals surface area (Å²) >= 11 is 0. The van der Waals surface area contributed by atoms with Crippen LogP contribution >= 0.6 is 0 Å². The van der Waals surface area contributed by atoms with Crippen molar-refractivity contribution in [2.24, 2.45) is 5.92 Å². The van der Waals surface area contributed by atoms with E-state index in [1.165, 1.54) is 35.8 Å². The highest BCUT2D eigenvalue weighted by atomic mass is 16.6. The van der Waals surface area contributed by atoms with Crippen LogP contribution in [0.1, 0.15) is 70.9 Å². The molecule has 1 aliphatic carbocycles. The van der Waals surface area contributed by atoms with Crippen LogP contribution in [-0.2, 0) is 11.2 Å². The molecule has 0 amide bonds. The molecule has 1 aromatic carbocycles. The van der Waals surface area contributed by atoms with Gasteiger partial charge in [-0.15, -0.1) is 0 Å². The Hall–Kier alpha value is -1.77. The number of ether oxygens (including phenoxy) is 1. The van der Waals surface area contributed by atoms with E-state index >= 15 is 0 Å². The Morgan fingerprint density at radius 1 is 1.29 bits per heavy atom. The smallest absolute Gasteiger partial charge is 0.419 e. The second-order valence-corrected chi connectivity index (χ2v) is 8.44. The average molecular weight is 327 g/mol. The molecule has 1 aliphatic rings. The van der Waals surface area contributed by atoms with Gasteiger partial charge in [-0.05, 0) is 62.3 Å². The van der Waals surface area contributed by atoms with Crippen molar-refractivity contribution in [1.29, 1.82) is 0 Å². The van der Waals surface area contributed by atoms with Crippen LogP contribution in [0.4, 0.5) is 4.79 Å². The van der Waals surface area contributed by atoms with E-state index in [4.69, 9.17) is 4.74 Å². The highest BCUT2D eigenvalue weighted by molar-refractivity contribution is 5.92. The molecule has 1 aromatic heterocycles. The van der Waals surface area contributed by atoms with Crippen molar-refractivity contribution in [2.45, 2.75) is 71.8 Å². The molecule has 0 radical (unpaired) electrons. The summed E-state index contributed by atoms with van der Waals surface area (Å²) in [6, 6.07) is 6.54. The number of nitrogens with zero attached hydrogens (tertiary/aromatic N) is 1. The normalized spacial score (nSPS) is 15.8. The monoisotopic (exact) mass is 327 g/mol. The molecule has 0 N–H and O–H groups in total. The van der Waals surface area contributed by atoms with Gasteiger partial charge in [0.25, 0.3) is 0 Å². The van der Waals surface area contributed by atoms with Gasteiger partial charge in [-0.25, -0.2) is 4.79 Å². The van der Waals surface area contributed by atoms with Crippen molar-refractivity contribution in [3.63, 3.8) is 0 Å². The first-order valence-electron chi connectivity index (χ1n) is 9.12. The molecule has 130 valence electrons. The first-order valence-corrected chi connectivity index (χ1v) is 9.12. The van der Waals surface area contributed by atoms with E-state index in [1.54, 1.807) is 4.57 Å². The second kappa shape index (κ2) is 6.27. The van der Waals surface area contributed by atoms with Gasteiger partial charge in [-0.3, -0.25) is 4.57 Å². The third kappa shape index (κ3) is 3.50. The summed E-state index contributed by atoms with van der Waals surface area (Å²) in [6.07, 6.45) is 6.90. The summed E-state index contributed by atoms with van der Waals surface area (Å²) < 4.78 is 7.24. The minimum Gasteiger partial charge on any atom is -0.443 e. The molecule has 0 bridgehead atoms. The van der Waals surface area contributed by atoms with Gasteiger partial charge in [0.1, 0.15) is 5.60 Å². The van der Waals surface area contributed by atoms with Gasteiger partial charge in [-0.2, -0.15) is 0 Å².